The van der Waals surface area contributed by atoms with E-state index in [1.54, 1.807) is 6.07 Å². The van der Waals surface area contributed by atoms with Crippen molar-refractivity contribution >= 4 is 27.5 Å². The second-order valence-electron chi connectivity index (χ2n) is 3.02. The Balaban J connectivity index is 2.33. The number of halogens is 3. The van der Waals surface area contributed by atoms with Crippen molar-refractivity contribution in [2.45, 2.75) is 17.2 Å². The molecule has 1 aliphatic rings. The van der Waals surface area contributed by atoms with Crippen molar-refractivity contribution in [3.63, 3.8) is 0 Å². The summed E-state index contributed by atoms with van der Waals surface area (Å²) in [7, 11) is 0. The molecule has 0 saturated heterocycles. The van der Waals surface area contributed by atoms with E-state index in [2.05, 4.69) is 15.9 Å². The molecule has 0 bridgehead atoms. The SMILES string of the molecule is Fc1ccc(C2CC2Br)c(Cl)c1. The van der Waals surface area contributed by atoms with Gasteiger partial charge in [-0.1, -0.05) is 33.6 Å². The maximum absolute atomic E-state index is 12.6. The third kappa shape index (κ3) is 1.50. The Hall–Kier alpha value is -0.0800. The highest BCUT2D eigenvalue weighted by atomic mass is 79.9. The van der Waals surface area contributed by atoms with Crippen LogP contribution in [0.4, 0.5) is 4.39 Å². The van der Waals surface area contributed by atoms with Crippen LogP contribution in [0.2, 0.25) is 5.02 Å². The Bertz CT molecular complexity index is 313. The minimum absolute atomic E-state index is 0.268. The van der Waals surface area contributed by atoms with Crippen LogP contribution in [-0.4, -0.2) is 4.83 Å². The van der Waals surface area contributed by atoms with Crippen molar-refractivity contribution in [1.82, 2.24) is 0 Å². The molecule has 1 fully saturated rings. The second kappa shape index (κ2) is 3.00. The van der Waals surface area contributed by atoms with Crippen LogP contribution in [-0.2, 0) is 0 Å². The molecule has 2 unspecified atom stereocenters. The zero-order valence-electron chi connectivity index (χ0n) is 6.23. The molecule has 64 valence electrons. The fourth-order valence-corrected chi connectivity index (χ4v) is 2.28. The van der Waals surface area contributed by atoms with Crippen LogP contribution in [0.3, 0.4) is 0 Å². The van der Waals surface area contributed by atoms with E-state index in [1.807, 2.05) is 0 Å². The largest absolute Gasteiger partial charge is 0.207 e. The molecule has 0 amide bonds. The number of hydrogen-bond donors (Lipinski definition) is 0. The van der Waals surface area contributed by atoms with Crippen molar-refractivity contribution in [1.29, 1.82) is 0 Å². The highest BCUT2D eigenvalue weighted by molar-refractivity contribution is 9.09. The van der Waals surface area contributed by atoms with Gasteiger partial charge in [0.1, 0.15) is 5.82 Å². The molecule has 0 radical (unpaired) electrons. The molecule has 12 heavy (non-hydrogen) atoms. The van der Waals surface area contributed by atoms with Gasteiger partial charge in [0.15, 0.2) is 0 Å². The molecule has 0 N–H and O–H groups in total. The second-order valence-corrected chi connectivity index (χ2v) is 4.61. The third-order valence-electron chi connectivity index (χ3n) is 2.07. The fraction of sp³-hybridized carbons (Fsp3) is 0.333. The molecule has 0 heterocycles. The summed E-state index contributed by atoms with van der Waals surface area (Å²) in [6.07, 6.45) is 1.10. The number of alkyl halides is 1. The Morgan fingerprint density at radius 3 is 2.67 bits per heavy atom. The van der Waals surface area contributed by atoms with E-state index in [1.165, 1.54) is 12.1 Å². The average molecular weight is 250 g/mol. The van der Waals surface area contributed by atoms with E-state index in [4.69, 9.17) is 11.6 Å². The van der Waals surface area contributed by atoms with Crippen LogP contribution in [0, 0.1) is 5.82 Å². The predicted octanol–water partition coefficient (Wildman–Crippen LogP) is 3.73. The quantitative estimate of drug-likeness (QED) is 0.665. The predicted molar refractivity (Wildman–Crippen MR) is 51.5 cm³/mol. The van der Waals surface area contributed by atoms with E-state index in [9.17, 15) is 4.39 Å². The number of hydrogen-bond acceptors (Lipinski definition) is 0. The normalized spacial score (nSPS) is 27.2. The standard InChI is InChI=1S/C9H7BrClF/c10-8-4-7(8)6-2-1-5(12)3-9(6)11/h1-3,7-8H,4H2. The fourth-order valence-electron chi connectivity index (χ4n) is 1.29. The van der Waals surface area contributed by atoms with E-state index >= 15 is 0 Å². The Morgan fingerprint density at radius 2 is 2.17 bits per heavy atom. The summed E-state index contributed by atoms with van der Waals surface area (Å²) in [6.45, 7) is 0. The maximum Gasteiger partial charge on any atom is 0.124 e. The van der Waals surface area contributed by atoms with Gasteiger partial charge >= 0.3 is 0 Å². The van der Waals surface area contributed by atoms with Gasteiger partial charge in [0.2, 0.25) is 0 Å². The summed E-state index contributed by atoms with van der Waals surface area (Å²) in [4.78, 5) is 0.528. The van der Waals surface area contributed by atoms with Crippen LogP contribution in [0.15, 0.2) is 18.2 Å². The van der Waals surface area contributed by atoms with Gasteiger partial charge in [-0.2, -0.15) is 0 Å². The average Bonchev–Trinajstić information content (AvgIpc) is 2.66. The number of benzene rings is 1. The summed E-state index contributed by atoms with van der Waals surface area (Å²) in [5.41, 5.74) is 1.06. The monoisotopic (exact) mass is 248 g/mol. The topological polar surface area (TPSA) is 0 Å². The first-order valence-electron chi connectivity index (χ1n) is 3.77. The van der Waals surface area contributed by atoms with Crippen LogP contribution in [0.5, 0.6) is 0 Å². The molecule has 1 saturated carbocycles. The molecule has 3 heteroatoms. The van der Waals surface area contributed by atoms with Gasteiger partial charge in [-0.25, -0.2) is 4.39 Å². The lowest BCUT2D eigenvalue weighted by atomic mass is 10.1. The highest BCUT2D eigenvalue weighted by Crippen LogP contribution is 2.48. The molecule has 2 rings (SSSR count). The number of rotatable bonds is 1. The van der Waals surface area contributed by atoms with E-state index in [0.29, 0.717) is 15.8 Å². The zero-order valence-corrected chi connectivity index (χ0v) is 8.57. The molecule has 0 nitrogen and oxygen atoms in total. The van der Waals surface area contributed by atoms with Crippen molar-refractivity contribution < 1.29 is 4.39 Å². The van der Waals surface area contributed by atoms with E-state index < -0.39 is 0 Å². The minimum atomic E-state index is -0.268. The Kier molecular flexibility index (Phi) is 2.13. The van der Waals surface area contributed by atoms with Gasteiger partial charge in [-0.05, 0) is 30.0 Å². The highest BCUT2D eigenvalue weighted by Gasteiger charge is 2.37. The van der Waals surface area contributed by atoms with Gasteiger partial charge in [-0.15, -0.1) is 0 Å². The van der Waals surface area contributed by atoms with Crippen LogP contribution >= 0.6 is 27.5 Å². The lowest BCUT2D eigenvalue weighted by Crippen LogP contribution is -1.85. The molecule has 0 spiro atoms. The molecule has 0 aromatic heterocycles. The van der Waals surface area contributed by atoms with E-state index in [0.717, 1.165) is 12.0 Å². The summed E-state index contributed by atoms with van der Waals surface area (Å²) in [5, 5.41) is 0.543. The maximum atomic E-state index is 12.6. The summed E-state index contributed by atoms with van der Waals surface area (Å²) in [6, 6.07) is 4.60. The molecule has 1 aromatic carbocycles. The van der Waals surface area contributed by atoms with Gasteiger partial charge in [0.25, 0.3) is 0 Å². The first-order chi connectivity index (χ1) is 5.68. The smallest absolute Gasteiger partial charge is 0.124 e. The molecule has 1 aliphatic carbocycles. The first-order valence-corrected chi connectivity index (χ1v) is 5.07. The molecule has 1 aromatic rings. The molecule has 2 atom stereocenters. The van der Waals surface area contributed by atoms with Crippen molar-refractivity contribution in [3.05, 3.63) is 34.6 Å². The molecular formula is C9H7BrClF. The van der Waals surface area contributed by atoms with E-state index in [-0.39, 0.29) is 5.82 Å². The minimum Gasteiger partial charge on any atom is -0.207 e. The van der Waals surface area contributed by atoms with Crippen molar-refractivity contribution in [2.75, 3.05) is 0 Å². The van der Waals surface area contributed by atoms with Gasteiger partial charge in [0.05, 0.1) is 0 Å². The van der Waals surface area contributed by atoms with Crippen LogP contribution in [0.25, 0.3) is 0 Å². The lowest BCUT2D eigenvalue weighted by molar-refractivity contribution is 0.627. The lowest BCUT2D eigenvalue weighted by Gasteiger charge is -2.00. The molecule has 0 aliphatic heterocycles. The first kappa shape index (κ1) is 8.52. The van der Waals surface area contributed by atoms with Gasteiger partial charge < -0.3 is 0 Å². The zero-order chi connectivity index (χ0) is 8.72. The third-order valence-corrected chi connectivity index (χ3v) is 3.41. The van der Waals surface area contributed by atoms with Crippen molar-refractivity contribution in [2.24, 2.45) is 0 Å². The Morgan fingerprint density at radius 1 is 1.50 bits per heavy atom. The summed E-state index contributed by atoms with van der Waals surface area (Å²) in [5.74, 6) is 0.216. The molecular weight excluding hydrogens is 242 g/mol. The Labute approximate surface area is 83.9 Å². The summed E-state index contributed by atoms with van der Waals surface area (Å²) >= 11 is 9.35. The van der Waals surface area contributed by atoms with Gasteiger partial charge in [-0.3, -0.25) is 0 Å². The van der Waals surface area contributed by atoms with Crippen LogP contribution < -0.4 is 0 Å². The van der Waals surface area contributed by atoms with Crippen LogP contribution in [0.1, 0.15) is 17.9 Å². The van der Waals surface area contributed by atoms with Crippen molar-refractivity contribution in [3.8, 4) is 0 Å². The summed E-state index contributed by atoms with van der Waals surface area (Å²) < 4.78 is 12.6. The van der Waals surface area contributed by atoms with Gasteiger partial charge in [0, 0.05) is 9.85 Å².